The largest absolute Gasteiger partial charge is 0.370 e. The smallest absolute Gasteiger partial charge is 0.137 e. The van der Waals surface area contributed by atoms with E-state index < -0.39 is 0 Å². The third-order valence-corrected chi connectivity index (χ3v) is 5.68. The third kappa shape index (κ3) is 3.00. The molecule has 2 fully saturated rings. The molecule has 130 valence electrons. The highest BCUT2D eigenvalue weighted by molar-refractivity contribution is 5.09. The van der Waals surface area contributed by atoms with Crippen molar-refractivity contribution in [1.29, 1.82) is 0 Å². The summed E-state index contributed by atoms with van der Waals surface area (Å²) in [5.74, 6) is 2.28. The fraction of sp³-hybridized carbons (Fsp3) is 0.667. The molecule has 2 atom stereocenters. The van der Waals surface area contributed by atoms with Crippen molar-refractivity contribution in [2.45, 2.75) is 31.3 Å². The summed E-state index contributed by atoms with van der Waals surface area (Å²) < 4.78 is 10.1. The molecule has 2 aromatic heterocycles. The third-order valence-electron chi connectivity index (χ3n) is 5.68. The SMILES string of the molecule is Cn1ccnc1[C@@H]1OCC[C@H]1CN1CCC(c2ccnn2C)CC1. The molecule has 0 amide bonds. The Hall–Kier alpha value is -1.66. The van der Waals surface area contributed by atoms with Crippen molar-refractivity contribution in [3.63, 3.8) is 0 Å². The lowest BCUT2D eigenvalue weighted by molar-refractivity contribution is 0.0654. The lowest BCUT2D eigenvalue weighted by Gasteiger charge is -2.34. The molecule has 2 aliphatic rings. The first-order chi connectivity index (χ1) is 11.7. The van der Waals surface area contributed by atoms with Gasteiger partial charge in [-0.2, -0.15) is 5.10 Å². The Morgan fingerprint density at radius 2 is 2.00 bits per heavy atom. The van der Waals surface area contributed by atoms with Crippen LogP contribution in [-0.2, 0) is 18.8 Å². The number of likely N-dealkylation sites (tertiary alicyclic amines) is 1. The number of imidazole rings is 1. The second-order valence-corrected chi connectivity index (χ2v) is 7.19. The molecular formula is C18H27N5O. The number of hydrogen-bond donors (Lipinski definition) is 0. The van der Waals surface area contributed by atoms with Crippen LogP contribution in [0.2, 0.25) is 0 Å². The van der Waals surface area contributed by atoms with Gasteiger partial charge in [-0.25, -0.2) is 4.98 Å². The minimum atomic E-state index is 0.153. The molecular weight excluding hydrogens is 302 g/mol. The topological polar surface area (TPSA) is 48.1 Å². The zero-order valence-corrected chi connectivity index (χ0v) is 14.6. The molecule has 0 aliphatic carbocycles. The zero-order valence-electron chi connectivity index (χ0n) is 14.6. The van der Waals surface area contributed by atoms with E-state index in [1.165, 1.54) is 31.6 Å². The summed E-state index contributed by atoms with van der Waals surface area (Å²) in [6.45, 7) is 4.31. The van der Waals surface area contributed by atoms with Gasteiger partial charge in [0.1, 0.15) is 11.9 Å². The van der Waals surface area contributed by atoms with E-state index in [2.05, 4.69) is 39.7 Å². The molecule has 0 unspecified atom stereocenters. The molecule has 4 rings (SSSR count). The van der Waals surface area contributed by atoms with E-state index in [1.807, 2.05) is 23.3 Å². The Bertz CT molecular complexity index is 671. The molecule has 2 aromatic rings. The van der Waals surface area contributed by atoms with Crippen molar-refractivity contribution in [3.8, 4) is 0 Å². The van der Waals surface area contributed by atoms with Crippen LogP contribution < -0.4 is 0 Å². The predicted molar refractivity (Wildman–Crippen MR) is 91.6 cm³/mol. The van der Waals surface area contributed by atoms with E-state index in [9.17, 15) is 0 Å². The molecule has 24 heavy (non-hydrogen) atoms. The molecule has 2 saturated heterocycles. The highest BCUT2D eigenvalue weighted by Gasteiger charge is 2.34. The molecule has 6 heteroatoms. The van der Waals surface area contributed by atoms with Crippen molar-refractivity contribution in [1.82, 2.24) is 24.2 Å². The Kier molecular flexibility index (Phi) is 4.41. The summed E-state index contributed by atoms with van der Waals surface area (Å²) in [5.41, 5.74) is 1.38. The van der Waals surface area contributed by atoms with E-state index in [0.717, 1.165) is 25.4 Å². The van der Waals surface area contributed by atoms with Gasteiger partial charge >= 0.3 is 0 Å². The molecule has 2 aliphatic heterocycles. The Morgan fingerprint density at radius 1 is 1.17 bits per heavy atom. The van der Waals surface area contributed by atoms with Crippen molar-refractivity contribution in [3.05, 3.63) is 36.2 Å². The number of aromatic nitrogens is 4. The molecule has 0 saturated carbocycles. The lowest BCUT2D eigenvalue weighted by Crippen LogP contribution is -2.37. The van der Waals surface area contributed by atoms with E-state index in [0.29, 0.717) is 11.8 Å². The first-order valence-electron chi connectivity index (χ1n) is 9.01. The number of piperidine rings is 1. The highest BCUT2D eigenvalue weighted by Crippen LogP contribution is 2.35. The fourth-order valence-corrected chi connectivity index (χ4v) is 4.29. The molecule has 0 bridgehead atoms. The minimum absolute atomic E-state index is 0.153. The van der Waals surface area contributed by atoms with Crippen molar-refractivity contribution in [2.24, 2.45) is 20.0 Å². The van der Waals surface area contributed by atoms with Crippen LogP contribution in [0.3, 0.4) is 0 Å². The van der Waals surface area contributed by atoms with Gasteiger partial charge in [-0.3, -0.25) is 4.68 Å². The fourth-order valence-electron chi connectivity index (χ4n) is 4.29. The van der Waals surface area contributed by atoms with Crippen LogP contribution in [0.4, 0.5) is 0 Å². The van der Waals surface area contributed by atoms with Crippen molar-refractivity contribution in [2.75, 3.05) is 26.2 Å². The molecule has 6 nitrogen and oxygen atoms in total. The monoisotopic (exact) mass is 329 g/mol. The van der Waals surface area contributed by atoms with Crippen molar-refractivity contribution >= 4 is 0 Å². The molecule has 0 aromatic carbocycles. The van der Waals surface area contributed by atoms with Gasteiger partial charge in [0.05, 0.1) is 0 Å². The molecule has 4 heterocycles. The van der Waals surface area contributed by atoms with Gasteiger partial charge in [0, 0.05) is 63.4 Å². The van der Waals surface area contributed by atoms with Crippen LogP contribution in [0.5, 0.6) is 0 Å². The van der Waals surface area contributed by atoms with Crippen LogP contribution >= 0.6 is 0 Å². The van der Waals surface area contributed by atoms with Gasteiger partial charge in [0.2, 0.25) is 0 Å². The van der Waals surface area contributed by atoms with Crippen LogP contribution in [-0.4, -0.2) is 50.5 Å². The summed E-state index contributed by atoms with van der Waals surface area (Å²) in [7, 11) is 4.11. The Labute approximate surface area is 143 Å². The van der Waals surface area contributed by atoms with E-state index >= 15 is 0 Å². The number of ether oxygens (including phenoxy) is 1. The lowest BCUT2D eigenvalue weighted by atomic mass is 9.92. The summed E-state index contributed by atoms with van der Waals surface area (Å²) in [6, 6.07) is 2.17. The van der Waals surface area contributed by atoms with Gasteiger partial charge < -0.3 is 14.2 Å². The van der Waals surface area contributed by atoms with Gasteiger partial charge in [-0.1, -0.05) is 0 Å². The first kappa shape index (κ1) is 15.8. The van der Waals surface area contributed by atoms with E-state index in [-0.39, 0.29) is 6.10 Å². The van der Waals surface area contributed by atoms with Crippen LogP contribution in [0.15, 0.2) is 24.7 Å². The second kappa shape index (κ2) is 6.69. The summed E-state index contributed by atoms with van der Waals surface area (Å²) >= 11 is 0. The minimum Gasteiger partial charge on any atom is -0.370 e. The summed E-state index contributed by atoms with van der Waals surface area (Å²) in [6.07, 6.45) is 9.52. The van der Waals surface area contributed by atoms with Crippen LogP contribution in [0.1, 0.15) is 42.8 Å². The van der Waals surface area contributed by atoms with Gasteiger partial charge in [-0.05, 0) is 38.4 Å². The normalized spacial score (nSPS) is 26.2. The zero-order chi connectivity index (χ0) is 16.5. The van der Waals surface area contributed by atoms with Gasteiger partial charge in [0.15, 0.2) is 0 Å². The predicted octanol–water partition coefficient (Wildman–Crippen LogP) is 2.11. The van der Waals surface area contributed by atoms with Crippen molar-refractivity contribution < 1.29 is 4.74 Å². The average Bonchev–Trinajstić information content (AvgIpc) is 3.30. The highest BCUT2D eigenvalue weighted by atomic mass is 16.5. The number of hydrogen-bond acceptors (Lipinski definition) is 4. The maximum atomic E-state index is 6.01. The number of aryl methyl sites for hydroxylation is 2. The second-order valence-electron chi connectivity index (χ2n) is 7.19. The van der Waals surface area contributed by atoms with E-state index in [4.69, 9.17) is 4.74 Å². The number of nitrogens with zero attached hydrogens (tertiary/aromatic N) is 5. The quantitative estimate of drug-likeness (QED) is 0.862. The van der Waals surface area contributed by atoms with Crippen LogP contribution in [0, 0.1) is 5.92 Å². The van der Waals surface area contributed by atoms with Crippen LogP contribution in [0.25, 0.3) is 0 Å². The van der Waals surface area contributed by atoms with Gasteiger partial charge in [-0.15, -0.1) is 0 Å². The van der Waals surface area contributed by atoms with E-state index in [1.54, 1.807) is 0 Å². The van der Waals surface area contributed by atoms with Gasteiger partial charge in [0.25, 0.3) is 0 Å². The summed E-state index contributed by atoms with van der Waals surface area (Å²) in [4.78, 5) is 7.12. The standard InChI is InChI=1S/C18H27N5O/c1-21-11-8-19-18(21)17-15(6-12-24-17)13-23-9-4-14(5-10-23)16-3-7-20-22(16)2/h3,7-8,11,14-15,17H,4-6,9-10,12-13H2,1-2H3/t15-,17+/m0/s1. The number of rotatable bonds is 4. The maximum Gasteiger partial charge on any atom is 0.137 e. The Balaban J connectivity index is 1.35. The average molecular weight is 329 g/mol. The molecule has 0 radical (unpaired) electrons. The maximum absolute atomic E-state index is 6.01. The first-order valence-corrected chi connectivity index (χ1v) is 9.01. The molecule has 0 spiro atoms. The molecule has 0 N–H and O–H groups in total. The summed E-state index contributed by atoms with van der Waals surface area (Å²) in [5, 5.41) is 4.32. The Morgan fingerprint density at radius 3 is 2.67 bits per heavy atom.